The zero-order chi connectivity index (χ0) is 29.6. The van der Waals surface area contributed by atoms with E-state index in [0.717, 1.165) is 12.8 Å². The number of carbonyl (C=O) groups excluding carboxylic acids is 2. The first-order valence-corrected chi connectivity index (χ1v) is 14.1. The first-order valence-electron chi connectivity index (χ1n) is 14.1. The Bertz CT molecular complexity index is 1250. The second-order valence-corrected chi connectivity index (χ2v) is 10.1. The van der Waals surface area contributed by atoms with Gasteiger partial charge in [0.2, 0.25) is 0 Å². The average Bonchev–Trinajstić information content (AvgIpc) is 2.95. The van der Waals surface area contributed by atoms with E-state index < -0.39 is 23.9 Å². The Balaban J connectivity index is 1.50. The molecule has 2 N–H and O–H groups in total. The zero-order valence-corrected chi connectivity index (χ0v) is 23.9. The molecule has 0 aliphatic carbocycles. The van der Waals surface area contributed by atoms with Crippen LogP contribution in [-0.2, 0) is 11.2 Å². The van der Waals surface area contributed by atoms with Crippen molar-refractivity contribution in [1.82, 2.24) is 5.32 Å². The Morgan fingerprint density at radius 1 is 0.756 bits per heavy atom. The molecule has 8 nitrogen and oxygen atoms in total. The van der Waals surface area contributed by atoms with Crippen molar-refractivity contribution in [3.63, 3.8) is 0 Å². The molecule has 1 atom stereocenters. The molecule has 0 spiro atoms. The van der Waals surface area contributed by atoms with Crippen LogP contribution in [0.5, 0.6) is 17.2 Å². The number of rotatable bonds is 16. The van der Waals surface area contributed by atoms with Gasteiger partial charge in [0, 0.05) is 12.0 Å². The Morgan fingerprint density at radius 2 is 1.34 bits per heavy atom. The predicted molar refractivity (Wildman–Crippen MR) is 157 cm³/mol. The summed E-state index contributed by atoms with van der Waals surface area (Å²) >= 11 is 0. The molecule has 3 aromatic rings. The number of benzene rings is 3. The van der Waals surface area contributed by atoms with Gasteiger partial charge in [-0.15, -0.1) is 0 Å². The number of hydrogen-bond donors (Lipinski definition) is 2. The Kier molecular flexibility index (Phi) is 12.2. The molecule has 0 bridgehead atoms. The van der Waals surface area contributed by atoms with Gasteiger partial charge in [-0.25, -0.2) is 9.59 Å². The number of nitrogens with one attached hydrogen (secondary N) is 1. The summed E-state index contributed by atoms with van der Waals surface area (Å²) in [5.74, 6) is -0.504. The Labute approximate surface area is 241 Å². The summed E-state index contributed by atoms with van der Waals surface area (Å²) in [7, 11) is 0. The predicted octanol–water partition coefficient (Wildman–Crippen LogP) is 6.47. The molecule has 0 saturated carbocycles. The molecule has 0 fully saturated rings. The van der Waals surface area contributed by atoms with Crippen LogP contribution < -0.4 is 19.5 Å². The summed E-state index contributed by atoms with van der Waals surface area (Å²) in [6.07, 6.45) is 5.87. The number of ether oxygens (including phenoxy) is 3. The van der Waals surface area contributed by atoms with Crippen LogP contribution >= 0.6 is 0 Å². The third kappa shape index (κ3) is 10.6. The first-order chi connectivity index (χ1) is 19.7. The minimum atomic E-state index is -1.16. The Morgan fingerprint density at radius 3 is 1.95 bits per heavy atom. The fraction of sp³-hybridized carbons (Fsp3) is 0.364. The molecule has 0 saturated heterocycles. The van der Waals surface area contributed by atoms with Gasteiger partial charge >= 0.3 is 11.9 Å². The summed E-state index contributed by atoms with van der Waals surface area (Å²) in [6, 6.07) is 18.7. The van der Waals surface area contributed by atoms with E-state index in [1.165, 1.54) is 19.3 Å². The van der Waals surface area contributed by atoms with Crippen LogP contribution in [0.15, 0.2) is 72.8 Å². The van der Waals surface area contributed by atoms with Crippen LogP contribution in [0.25, 0.3) is 0 Å². The topological polar surface area (TPSA) is 111 Å². The number of amides is 1. The maximum absolute atomic E-state index is 12.6. The molecule has 0 aliphatic rings. The fourth-order valence-electron chi connectivity index (χ4n) is 4.08. The van der Waals surface area contributed by atoms with Crippen LogP contribution in [0.4, 0.5) is 0 Å². The summed E-state index contributed by atoms with van der Waals surface area (Å²) in [5, 5.41) is 12.2. The lowest BCUT2D eigenvalue weighted by Gasteiger charge is -2.15. The summed E-state index contributed by atoms with van der Waals surface area (Å²) in [5.41, 5.74) is 1.38. The lowest BCUT2D eigenvalue weighted by molar-refractivity contribution is -0.139. The van der Waals surface area contributed by atoms with E-state index in [2.05, 4.69) is 12.2 Å². The highest BCUT2D eigenvalue weighted by molar-refractivity contribution is 5.96. The third-order valence-electron chi connectivity index (χ3n) is 6.27. The number of carbonyl (C=O) groups is 3. The summed E-state index contributed by atoms with van der Waals surface area (Å²) in [4.78, 5) is 37.0. The molecule has 1 unspecified atom stereocenters. The third-order valence-corrected chi connectivity index (χ3v) is 6.27. The molecule has 3 aromatic carbocycles. The van der Waals surface area contributed by atoms with Crippen molar-refractivity contribution in [2.45, 2.75) is 71.4 Å². The van der Waals surface area contributed by atoms with Crippen molar-refractivity contribution in [3.05, 3.63) is 89.5 Å². The molecular formula is C33H39NO7. The van der Waals surface area contributed by atoms with Gasteiger partial charge in [-0.1, -0.05) is 44.7 Å². The molecule has 41 heavy (non-hydrogen) atoms. The lowest BCUT2D eigenvalue weighted by Crippen LogP contribution is -2.42. The van der Waals surface area contributed by atoms with Gasteiger partial charge in [-0.2, -0.15) is 0 Å². The zero-order valence-electron chi connectivity index (χ0n) is 23.9. The molecule has 3 rings (SSSR count). The molecule has 0 heterocycles. The summed E-state index contributed by atoms with van der Waals surface area (Å²) in [6.45, 7) is 6.64. The van der Waals surface area contributed by atoms with Gasteiger partial charge in [0.1, 0.15) is 23.3 Å². The number of esters is 1. The quantitative estimate of drug-likeness (QED) is 0.117. The van der Waals surface area contributed by atoms with Crippen LogP contribution in [0.1, 0.15) is 79.2 Å². The van der Waals surface area contributed by atoms with E-state index in [9.17, 15) is 19.5 Å². The van der Waals surface area contributed by atoms with Gasteiger partial charge in [0.05, 0.1) is 18.3 Å². The van der Waals surface area contributed by atoms with Crippen LogP contribution in [0.2, 0.25) is 0 Å². The van der Waals surface area contributed by atoms with Crippen molar-refractivity contribution >= 4 is 17.8 Å². The van der Waals surface area contributed by atoms with Crippen molar-refractivity contribution in [2.24, 2.45) is 0 Å². The van der Waals surface area contributed by atoms with Gasteiger partial charge in [0.25, 0.3) is 5.91 Å². The number of aliphatic carboxylic acids is 1. The van der Waals surface area contributed by atoms with E-state index in [0.29, 0.717) is 40.5 Å². The molecule has 0 radical (unpaired) electrons. The SMILES string of the molecule is CCCCCCCOc1ccc(C(=O)Oc2ccc(CC(NC(=O)c3ccc(OC(C)C)cc3)C(=O)O)cc2)cc1. The lowest BCUT2D eigenvalue weighted by atomic mass is 10.1. The fourth-order valence-corrected chi connectivity index (χ4v) is 4.08. The van der Waals surface area contributed by atoms with Crippen LogP contribution in [0.3, 0.4) is 0 Å². The first kappa shape index (κ1) is 31.2. The molecule has 0 aliphatic heterocycles. The highest BCUT2D eigenvalue weighted by atomic mass is 16.5. The minimum Gasteiger partial charge on any atom is -0.494 e. The Hall–Kier alpha value is -4.33. The number of hydrogen-bond acceptors (Lipinski definition) is 6. The molecular weight excluding hydrogens is 522 g/mol. The van der Waals surface area contributed by atoms with E-state index >= 15 is 0 Å². The van der Waals surface area contributed by atoms with Gasteiger partial charge in [-0.05, 0) is 86.5 Å². The molecule has 8 heteroatoms. The highest BCUT2D eigenvalue weighted by Crippen LogP contribution is 2.19. The maximum Gasteiger partial charge on any atom is 0.343 e. The van der Waals surface area contributed by atoms with E-state index in [-0.39, 0.29) is 12.5 Å². The minimum absolute atomic E-state index is 0.00200. The highest BCUT2D eigenvalue weighted by Gasteiger charge is 2.21. The average molecular weight is 562 g/mol. The normalized spacial score (nSPS) is 11.5. The number of carboxylic acids is 1. The van der Waals surface area contributed by atoms with Crippen molar-refractivity contribution in [2.75, 3.05) is 6.61 Å². The van der Waals surface area contributed by atoms with Crippen LogP contribution in [0, 0.1) is 0 Å². The molecule has 218 valence electrons. The second-order valence-electron chi connectivity index (χ2n) is 10.1. The largest absolute Gasteiger partial charge is 0.494 e. The van der Waals surface area contributed by atoms with Crippen molar-refractivity contribution in [1.29, 1.82) is 0 Å². The monoisotopic (exact) mass is 561 g/mol. The number of carboxylic acid groups (broad SMARTS) is 1. The molecule has 1 amide bonds. The van der Waals surface area contributed by atoms with Crippen molar-refractivity contribution < 1.29 is 33.7 Å². The number of unbranched alkanes of at least 4 members (excludes halogenated alkanes) is 4. The van der Waals surface area contributed by atoms with E-state index in [4.69, 9.17) is 14.2 Å². The maximum atomic E-state index is 12.6. The molecule has 0 aromatic heterocycles. The standard InChI is InChI=1S/C33H39NO7/c1-4-5-6-7-8-21-39-27-17-13-26(14-18-27)33(38)41-29-15-9-24(10-16-29)22-30(32(36)37)34-31(35)25-11-19-28(20-12-25)40-23(2)3/h9-20,23,30H,4-8,21-22H2,1-3H3,(H,34,35)(H,36,37). The van der Waals surface area contributed by atoms with Gasteiger partial charge in [0.15, 0.2) is 0 Å². The van der Waals surface area contributed by atoms with Crippen molar-refractivity contribution in [3.8, 4) is 17.2 Å². The smallest absolute Gasteiger partial charge is 0.343 e. The van der Waals surface area contributed by atoms with Crippen LogP contribution in [-0.4, -0.2) is 41.7 Å². The summed E-state index contributed by atoms with van der Waals surface area (Å²) < 4.78 is 16.8. The van der Waals surface area contributed by atoms with Gasteiger partial charge < -0.3 is 24.6 Å². The van der Waals surface area contributed by atoms with Gasteiger partial charge in [-0.3, -0.25) is 4.79 Å². The van der Waals surface area contributed by atoms with E-state index in [1.807, 2.05) is 13.8 Å². The van der Waals surface area contributed by atoms with E-state index in [1.54, 1.807) is 72.8 Å². The second kappa shape index (κ2) is 16.1.